The molecule has 0 amide bonds. The standard InChI is InChI=1S/C16H10N4S/c17-8-11-2-1-3-13(6-11)10-20-15-7-12(9-18)4-5-14(15)19-16(20)21/h1-7H,10H2,(H,19,21). The molecule has 0 bridgehead atoms. The summed E-state index contributed by atoms with van der Waals surface area (Å²) in [7, 11) is 0. The van der Waals surface area contributed by atoms with E-state index in [-0.39, 0.29) is 0 Å². The van der Waals surface area contributed by atoms with Crippen molar-refractivity contribution in [3.05, 3.63) is 63.9 Å². The minimum absolute atomic E-state index is 0.559. The van der Waals surface area contributed by atoms with Crippen molar-refractivity contribution < 1.29 is 0 Å². The molecule has 1 heterocycles. The lowest BCUT2D eigenvalue weighted by atomic mass is 10.1. The van der Waals surface area contributed by atoms with Crippen LogP contribution in [0, 0.1) is 27.4 Å². The van der Waals surface area contributed by atoms with E-state index in [2.05, 4.69) is 17.1 Å². The minimum Gasteiger partial charge on any atom is -0.331 e. The number of rotatable bonds is 2. The first-order chi connectivity index (χ1) is 10.2. The lowest BCUT2D eigenvalue weighted by Crippen LogP contribution is -2.00. The summed E-state index contributed by atoms with van der Waals surface area (Å²) in [6, 6.07) is 17.1. The topological polar surface area (TPSA) is 68.3 Å². The van der Waals surface area contributed by atoms with E-state index in [9.17, 15) is 0 Å². The number of benzene rings is 2. The Morgan fingerprint density at radius 3 is 2.57 bits per heavy atom. The van der Waals surface area contributed by atoms with Crippen LogP contribution in [0.3, 0.4) is 0 Å². The molecule has 0 atom stereocenters. The molecule has 0 aliphatic rings. The van der Waals surface area contributed by atoms with Gasteiger partial charge in [-0.2, -0.15) is 10.5 Å². The largest absolute Gasteiger partial charge is 0.331 e. The Balaban J connectivity index is 2.12. The molecule has 0 aliphatic carbocycles. The SMILES string of the molecule is N#Cc1cccc(Cn2c(=S)[nH]c3ccc(C#N)cc32)c1. The molecule has 0 saturated heterocycles. The van der Waals surface area contributed by atoms with E-state index in [4.69, 9.17) is 22.7 Å². The van der Waals surface area contributed by atoms with Crippen molar-refractivity contribution >= 4 is 23.3 Å². The van der Waals surface area contributed by atoms with Crippen LogP contribution < -0.4 is 0 Å². The van der Waals surface area contributed by atoms with Crippen LogP contribution in [0.25, 0.3) is 11.0 Å². The van der Waals surface area contributed by atoms with Gasteiger partial charge in [-0.3, -0.25) is 0 Å². The Labute approximate surface area is 126 Å². The molecule has 1 aromatic heterocycles. The van der Waals surface area contributed by atoms with Crippen molar-refractivity contribution in [1.29, 1.82) is 10.5 Å². The van der Waals surface area contributed by atoms with Gasteiger partial charge in [0.15, 0.2) is 4.77 Å². The lowest BCUT2D eigenvalue weighted by Gasteiger charge is -2.05. The zero-order valence-corrected chi connectivity index (χ0v) is 11.8. The first-order valence-corrected chi connectivity index (χ1v) is 6.74. The van der Waals surface area contributed by atoms with E-state index >= 15 is 0 Å². The maximum absolute atomic E-state index is 9.02. The van der Waals surface area contributed by atoms with Crippen LogP contribution in [0.5, 0.6) is 0 Å². The fourth-order valence-corrected chi connectivity index (χ4v) is 2.57. The summed E-state index contributed by atoms with van der Waals surface area (Å²) < 4.78 is 2.53. The van der Waals surface area contributed by atoms with E-state index in [1.165, 1.54) is 0 Å². The van der Waals surface area contributed by atoms with Crippen molar-refractivity contribution in [1.82, 2.24) is 9.55 Å². The Morgan fingerprint density at radius 2 is 1.81 bits per heavy atom. The fourth-order valence-electron chi connectivity index (χ4n) is 2.30. The minimum atomic E-state index is 0.559. The number of H-pyrrole nitrogens is 1. The summed E-state index contributed by atoms with van der Waals surface area (Å²) in [6.45, 7) is 0.559. The van der Waals surface area contributed by atoms with Crippen LogP contribution in [-0.2, 0) is 6.54 Å². The molecule has 0 saturated carbocycles. The summed E-state index contributed by atoms with van der Waals surface area (Å²) in [5.74, 6) is 0. The van der Waals surface area contributed by atoms with E-state index in [1.807, 2.05) is 34.9 Å². The number of nitriles is 2. The van der Waals surface area contributed by atoms with Crippen molar-refractivity contribution in [2.75, 3.05) is 0 Å². The molecule has 4 nitrogen and oxygen atoms in total. The summed E-state index contributed by atoms with van der Waals surface area (Å²) in [5.41, 5.74) is 4.00. The Kier molecular flexibility index (Phi) is 3.27. The molecule has 21 heavy (non-hydrogen) atoms. The van der Waals surface area contributed by atoms with Gasteiger partial charge in [0.1, 0.15) is 0 Å². The van der Waals surface area contributed by atoms with Crippen LogP contribution in [0.15, 0.2) is 42.5 Å². The predicted octanol–water partition coefficient (Wildman–Crippen LogP) is 3.49. The summed E-state index contributed by atoms with van der Waals surface area (Å²) in [5, 5.41) is 18.0. The maximum Gasteiger partial charge on any atom is 0.178 e. The molecule has 2 aromatic carbocycles. The highest BCUT2D eigenvalue weighted by Gasteiger charge is 2.06. The van der Waals surface area contributed by atoms with Crippen molar-refractivity contribution in [2.45, 2.75) is 6.54 Å². The maximum atomic E-state index is 9.02. The number of nitrogens with one attached hydrogen (secondary N) is 1. The summed E-state index contributed by atoms with van der Waals surface area (Å²) in [4.78, 5) is 3.13. The van der Waals surface area contributed by atoms with E-state index in [1.54, 1.807) is 12.1 Å². The number of hydrogen-bond acceptors (Lipinski definition) is 3. The van der Waals surface area contributed by atoms with Gasteiger partial charge < -0.3 is 9.55 Å². The van der Waals surface area contributed by atoms with Gasteiger partial charge in [0.25, 0.3) is 0 Å². The van der Waals surface area contributed by atoms with Gasteiger partial charge in [0.2, 0.25) is 0 Å². The molecule has 1 N–H and O–H groups in total. The quantitative estimate of drug-likeness (QED) is 0.734. The monoisotopic (exact) mass is 290 g/mol. The molecule has 0 spiro atoms. The number of nitrogens with zero attached hydrogens (tertiary/aromatic N) is 3. The zero-order valence-electron chi connectivity index (χ0n) is 11.0. The smallest absolute Gasteiger partial charge is 0.178 e. The van der Waals surface area contributed by atoms with E-state index in [0.717, 1.165) is 16.6 Å². The second-order valence-electron chi connectivity index (χ2n) is 4.67. The normalized spacial score (nSPS) is 10.2. The van der Waals surface area contributed by atoms with Crippen LogP contribution in [0.4, 0.5) is 0 Å². The molecule has 0 fully saturated rings. The highest BCUT2D eigenvalue weighted by molar-refractivity contribution is 7.71. The summed E-state index contributed by atoms with van der Waals surface area (Å²) >= 11 is 5.35. The fraction of sp³-hybridized carbons (Fsp3) is 0.0625. The number of aromatic amines is 1. The first-order valence-electron chi connectivity index (χ1n) is 6.33. The highest BCUT2D eigenvalue weighted by Crippen LogP contribution is 2.18. The number of fused-ring (bicyclic) bond motifs is 1. The van der Waals surface area contributed by atoms with Crippen molar-refractivity contribution in [2.24, 2.45) is 0 Å². The Bertz CT molecular complexity index is 966. The van der Waals surface area contributed by atoms with Crippen LogP contribution in [-0.4, -0.2) is 9.55 Å². The molecule has 100 valence electrons. The average Bonchev–Trinajstić information content (AvgIpc) is 2.82. The van der Waals surface area contributed by atoms with Gasteiger partial charge in [0.05, 0.1) is 40.8 Å². The predicted molar refractivity (Wildman–Crippen MR) is 82.1 cm³/mol. The Hall–Kier alpha value is -2.89. The lowest BCUT2D eigenvalue weighted by molar-refractivity contribution is 0.810. The van der Waals surface area contributed by atoms with Crippen LogP contribution >= 0.6 is 12.2 Å². The van der Waals surface area contributed by atoms with E-state index < -0.39 is 0 Å². The number of aromatic nitrogens is 2. The third kappa shape index (κ3) is 2.43. The van der Waals surface area contributed by atoms with Gasteiger partial charge >= 0.3 is 0 Å². The van der Waals surface area contributed by atoms with Crippen LogP contribution in [0.1, 0.15) is 16.7 Å². The first kappa shape index (κ1) is 13.1. The van der Waals surface area contributed by atoms with Gasteiger partial charge in [-0.1, -0.05) is 12.1 Å². The van der Waals surface area contributed by atoms with Gasteiger partial charge in [-0.05, 0) is 48.1 Å². The molecule has 0 radical (unpaired) electrons. The van der Waals surface area contributed by atoms with Gasteiger partial charge in [0, 0.05) is 0 Å². The van der Waals surface area contributed by atoms with Crippen molar-refractivity contribution in [3.8, 4) is 12.1 Å². The number of hydrogen-bond donors (Lipinski definition) is 1. The van der Waals surface area contributed by atoms with E-state index in [0.29, 0.717) is 22.4 Å². The molecule has 0 aliphatic heterocycles. The van der Waals surface area contributed by atoms with Crippen LogP contribution in [0.2, 0.25) is 0 Å². The molecule has 0 unspecified atom stereocenters. The van der Waals surface area contributed by atoms with Gasteiger partial charge in [-0.15, -0.1) is 0 Å². The third-order valence-electron chi connectivity index (χ3n) is 3.30. The molecule has 3 aromatic rings. The molecule has 5 heteroatoms. The molecule has 3 rings (SSSR count). The second-order valence-corrected chi connectivity index (χ2v) is 5.06. The average molecular weight is 290 g/mol. The second kappa shape index (κ2) is 5.24. The van der Waals surface area contributed by atoms with Crippen molar-refractivity contribution in [3.63, 3.8) is 0 Å². The molecular weight excluding hydrogens is 280 g/mol. The molecular formula is C16H10N4S. The highest BCUT2D eigenvalue weighted by atomic mass is 32.1. The Morgan fingerprint density at radius 1 is 1.05 bits per heavy atom. The zero-order chi connectivity index (χ0) is 14.8. The van der Waals surface area contributed by atoms with Gasteiger partial charge in [-0.25, -0.2) is 0 Å². The number of imidazole rings is 1. The third-order valence-corrected chi connectivity index (χ3v) is 3.62. The summed E-state index contributed by atoms with van der Waals surface area (Å²) in [6.07, 6.45) is 0.